The second-order valence-corrected chi connectivity index (χ2v) is 14.4. The molecule has 1 heterocycles. The maximum absolute atomic E-state index is 12.6. The normalized spacial score (nSPS) is 18.7. The number of carbonyl (C=O) groups is 1. The molecule has 0 aliphatic carbocycles. The molecule has 0 aromatic heterocycles. The van der Waals surface area contributed by atoms with E-state index < -0.39 is 41.6 Å². The van der Waals surface area contributed by atoms with Gasteiger partial charge in [0.05, 0.1) is 44.4 Å². The summed E-state index contributed by atoms with van der Waals surface area (Å²) in [5.74, 6) is 0.0491. The molecular weight excluding hydrogens is 763 g/mol. The molecule has 0 radical (unpaired) electrons. The number of benzene rings is 6. The highest BCUT2D eigenvalue weighted by Crippen LogP contribution is 2.33. The van der Waals surface area contributed by atoms with Crippen LogP contribution in [0.25, 0.3) is 0 Å². The molecule has 0 N–H and O–H groups in total. The van der Waals surface area contributed by atoms with Gasteiger partial charge in [0.1, 0.15) is 36.8 Å². The lowest BCUT2D eigenvalue weighted by Crippen LogP contribution is -2.62. The summed E-state index contributed by atoms with van der Waals surface area (Å²) in [6.07, 6.45) is -3.59. The molecule has 2 unspecified atom stereocenters. The zero-order valence-electron chi connectivity index (χ0n) is 33.0. The second kappa shape index (κ2) is 21.7. The average molecular weight is 810 g/mol. The minimum atomic E-state index is -0.943. The molecule has 7 rings (SSSR count). The van der Waals surface area contributed by atoms with Crippen molar-refractivity contribution in [2.75, 3.05) is 6.61 Å². The summed E-state index contributed by atoms with van der Waals surface area (Å²) in [5, 5.41) is 11.0. The van der Waals surface area contributed by atoms with Gasteiger partial charge in [-0.3, -0.25) is 14.9 Å². The van der Waals surface area contributed by atoms with Gasteiger partial charge in [-0.1, -0.05) is 146 Å². The smallest absolute Gasteiger partial charge is 0.310 e. The average Bonchev–Trinajstić information content (AvgIpc) is 3.29. The Bertz CT molecular complexity index is 2190. The van der Waals surface area contributed by atoms with Crippen LogP contribution in [0, 0.1) is 10.1 Å². The van der Waals surface area contributed by atoms with E-state index in [2.05, 4.69) is 0 Å². The third-order valence-electron chi connectivity index (χ3n) is 9.91. The molecule has 11 nitrogen and oxygen atoms in total. The first kappa shape index (κ1) is 41.9. The Morgan fingerprint density at radius 2 is 0.967 bits per heavy atom. The molecule has 1 saturated heterocycles. The van der Waals surface area contributed by atoms with Crippen LogP contribution >= 0.6 is 0 Å². The van der Waals surface area contributed by atoms with Crippen molar-refractivity contribution in [3.05, 3.63) is 213 Å². The number of rotatable bonds is 20. The van der Waals surface area contributed by atoms with Crippen LogP contribution in [0.1, 0.15) is 33.4 Å². The summed E-state index contributed by atoms with van der Waals surface area (Å²) >= 11 is 0. The van der Waals surface area contributed by atoms with Crippen molar-refractivity contribution in [1.29, 1.82) is 0 Å². The zero-order valence-corrected chi connectivity index (χ0v) is 33.0. The summed E-state index contributed by atoms with van der Waals surface area (Å²) in [4.78, 5) is 23.1. The van der Waals surface area contributed by atoms with E-state index in [1.54, 1.807) is 24.3 Å². The van der Waals surface area contributed by atoms with E-state index in [1.165, 1.54) is 12.1 Å². The first-order chi connectivity index (χ1) is 29.5. The number of nitro benzene ring substituents is 1. The molecule has 5 atom stereocenters. The molecule has 0 spiro atoms. The number of esters is 1. The summed E-state index contributed by atoms with van der Waals surface area (Å²) < 4.78 is 45.6. The van der Waals surface area contributed by atoms with Gasteiger partial charge >= 0.3 is 5.97 Å². The lowest BCUT2D eigenvalue weighted by Gasteiger charge is -2.45. The van der Waals surface area contributed by atoms with E-state index >= 15 is 0 Å². The highest BCUT2D eigenvalue weighted by Gasteiger charge is 2.49. The minimum Gasteiger partial charge on any atom is -0.462 e. The molecule has 6 aromatic rings. The Morgan fingerprint density at radius 3 is 1.48 bits per heavy atom. The summed E-state index contributed by atoms with van der Waals surface area (Å²) in [7, 11) is 0. The molecule has 6 aromatic carbocycles. The molecule has 0 amide bonds. The van der Waals surface area contributed by atoms with Crippen LogP contribution in [0.5, 0.6) is 5.75 Å². The van der Waals surface area contributed by atoms with Crippen LogP contribution < -0.4 is 4.74 Å². The Morgan fingerprint density at radius 1 is 0.517 bits per heavy atom. The standard InChI is InChI=1S/C49H47NO10/c51-45(29-36-21-25-42(26-22-36)50(52)53)55-31-41-23-27-43(28-24-41)59-49-48(58-34-40-19-11-4-12-20-40)47(57-33-39-17-9-3-10-18-39)46(56-32-38-15-7-2-8-16-38)44(60-49)35-54-30-37-13-5-1-6-14-37/h1-28,44,46-49H,29-35H2/t44?,46-,47?,48+,49+/m0/s1. The number of nitrogens with zero attached hydrogens (tertiary/aromatic N) is 1. The van der Waals surface area contributed by atoms with Gasteiger partial charge in [-0.25, -0.2) is 0 Å². The Kier molecular flexibility index (Phi) is 15.2. The first-order valence-electron chi connectivity index (χ1n) is 19.8. The maximum Gasteiger partial charge on any atom is 0.310 e. The van der Waals surface area contributed by atoms with Crippen molar-refractivity contribution >= 4 is 11.7 Å². The lowest BCUT2D eigenvalue weighted by atomic mass is 9.97. The second-order valence-electron chi connectivity index (χ2n) is 14.4. The third-order valence-corrected chi connectivity index (χ3v) is 9.91. The van der Waals surface area contributed by atoms with E-state index in [-0.39, 0.29) is 31.9 Å². The topological polar surface area (TPSA) is 125 Å². The van der Waals surface area contributed by atoms with Gasteiger partial charge in [0.15, 0.2) is 0 Å². The fourth-order valence-electron chi connectivity index (χ4n) is 6.76. The Labute approximate surface area is 349 Å². The van der Waals surface area contributed by atoms with Crippen LogP contribution in [0.15, 0.2) is 170 Å². The van der Waals surface area contributed by atoms with Gasteiger partial charge in [-0.2, -0.15) is 0 Å². The fourth-order valence-corrected chi connectivity index (χ4v) is 6.76. The number of hydrogen-bond donors (Lipinski definition) is 0. The van der Waals surface area contributed by atoms with Gasteiger partial charge in [-0.15, -0.1) is 0 Å². The van der Waals surface area contributed by atoms with Crippen molar-refractivity contribution in [3.63, 3.8) is 0 Å². The number of non-ortho nitro benzene ring substituents is 1. The van der Waals surface area contributed by atoms with E-state index in [0.29, 0.717) is 31.1 Å². The number of carbonyl (C=O) groups excluding carboxylic acids is 1. The maximum atomic E-state index is 12.6. The van der Waals surface area contributed by atoms with E-state index in [0.717, 1.165) is 27.8 Å². The van der Waals surface area contributed by atoms with E-state index in [1.807, 2.05) is 133 Å². The number of ether oxygens (including phenoxy) is 7. The SMILES string of the molecule is O=C(Cc1ccc([N+](=O)[O-])cc1)OCc1ccc(O[C@@H]2OC(COCc3ccccc3)[C@H](OCc3ccccc3)C(OCc3ccccc3)[C@H]2OCc2ccccc2)cc1. The minimum absolute atomic E-state index is 0.0115. The highest BCUT2D eigenvalue weighted by molar-refractivity contribution is 5.72. The monoisotopic (exact) mass is 809 g/mol. The molecule has 0 saturated carbocycles. The largest absolute Gasteiger partial charge is 0.462 e. The Hall–Kier alpha value is -6.21. The van der Waals surface area contributed by atoms with Gasteiger partial charge in [0.2, 0.25) is 6.29 Å². The van der Waals surface area contributed by atoms with Crippen molar-refractivity contribution in [2.24, 2.45) is 0 Å². The van der Waals surface area contributed by atoms with Gasteiger partial charge in [0, 0.05) is 12.1 Å². The molecule has 0 bridgehead atoms. The van der Waals surface area contributed by atoms with Gasteiger partial charge in [0.25, 0.3) is 5.69 Å². The summed E-state index contributed by atoms with van der Waals surface area (Å²) in [6, 6.07) is 52.8. The van der Waals surface area contributed by atoms with Gasteiger partial charge in [-0.05, 0) is 45.5 Å². The molecule has 1 aliphatic rings. The van der Waals surface area contributed by atoms with Crippen molar-refractivity contribution in [3.8, 4) is 5.75 Å². The predicted octanol–water partition coefficient (Wildman–Crippen LogP) is 8.96. The Balaban J connectivity index is 1.11. The quantitative estimate of drug-likeness (QED) is 0.0419. The molecule has 11 heteroatoms. The van der Waals surface area contributed by atoms with E-state index in [4.69, 9.17) is 33.2 Å². The zero-order chi connectivity index (χ0) is 41.4. The highest BCUT2D eigenvalue weighted by atomic mass is 16.7. The molecule has 1 aliphatic heterocycles. The van der Waals surface area contributed by atoms with Crippen molar-refractivity contribution in [1.82, 2.24) is 0 Å². The van der Waals surface area contributed by atoms with Gasteiger partial charge < -0.3 is 33.2 Å². The van der Waals surface area contributed by atoms with Crippen LogP contribution in [-0.2, 0) is 72.7 Å². The molecule has 1 fully saturated rings. The predicted molar refractivity (Wildman–Crippen MR) is 223 cm³/mol. The molecule has 308 valence electrons. The molecule has 60 heavy (non-hydrogen) atoms. The van der Waals surface area contributed by atoms with Crippen LogP contribution in [0.4, 0.5) is 5.69 Å². The summed E-state index contributed by atoms with van der Waals surface area (Å²) in [5.41, 5.74) is 5.31. The van der Waals surface area contributed by atoms with Crippen LogP contribution in [0.2, 0.25) is 0 Å². The first-order valence-corrected chi connectivity index (χ1v) is 19.8. The molecular formula is C49H47NO10. The fraction of sp³-hybridized carbons (Fsp3) is 0.245. The van der Waals surface area contributed by atoms with Crippen molar-refractivity contribution in [2.45, 2.75) is 70.2 Å². The van der Waals surface area contributed by atoms with E-state index in [9.17, 15) is 14.9 Å². The van der Waals surface area contributed by atoms with Crippen molar-refractivity contribution < 1.29 is 42.9 Å². The van der Waals surface area contributed by atoms with Crippen LogP contribution in [0.3, 0.4) is 0 Å². The van der Waals surface area contributed by atoms with Crippen LogP contribution in [-0.4, -0.2) is 48.2 Å². The summed E-state index contributed by atoms with van der Waals surface area (Å²) in [6.45, 7) is 1.47. The third kappa shape index (κ3) is 12.4. The number of nitro groups is 1. The number of hydrogen-bond acceptors (Lipinski definition) is 10. The lowest BCUT2D eigenvalue weighted by molar-refractivity contribution is -0.384.